The maximum atomic E-state index is 13.2. The smallest absolute Gasteiger partial charge is 0.262 e. The van der Waals surface area contributed by atoms with Gasteiger partial charge in [-0.1, -0.05) is 23.5 Å². The van der Waals surface area contributed by atoms with Crippen LogP contribution in [0.1, 0.15) is 30.7 Å². The van der Waals surface area contributed by atoms with Crippen LogP contribution < -0.4 is 14.8 Å². The lowest BCUT2D eigenvalue weighted by molar-refractivity contribution is 0.397. The van der Waals surface area contributed by atoms with Gasteiger partial charge in [0.25, 0.3) is 10.0 Å². The van der Waals surface area contributed by atoms with Gasteiger partial charge in [0.2, 0.25) is 5.88 Å². The third-order valence-corrected chi connectivity index (χ3v) is 7.13. The molecule has 160 valence electrons. The first kappa shape index (κ1) is 22.0. The molecular formula is C21H26N4O3S2. The summed E-state index contributed by atoms with van der Waals surface area (Å²) in [6.45, 7) is 9.61. The van der Waals surface area contributed by atoms with Crippen molar-refractivity contribution in [2.24, 2.45) is 0 Å². The summed E-state index contributed by atoms with van der Waals surface area (Å²) in [6.07, 6.45) is 1.46. The van der Waals surface area contributed by atoms with Gasteiger partial charge in [-0.2, -0.15) is 0 Å². The van der Waals surface area contributed by atoms with E-state index in [-0.39, 0.29) is 10.9 Å². The van der Waals surface area contributed by atoms with Gasteiger partial charge in [-0.25, -0.2) is 18.4 Å². The number of thiazole rings is 1. The summed E-state index contributed by atoms with van der Waals surface area (Å²) in [5.41, 5.74) is 3.48. The van der Waals surface area contributed by atoms with Crippen LogP contribution in [0.5, 0.6) is 5.88 Å². The van der Waals surface area contributed by atoms with Gasteiger partial charge < -0.3 is 10.1 Å². The SMILES string of the molecule is COc1cc(C)c(NS(=O)(=O)c2cc(-c3sc(NC(C)C)nc3C)ccc2C)cn1. The molecule has 0 saturated heterocycles. The Morgan fingerprint density at radius 1 is 1.10 bits per heavy atom. The second kappa shape index (κ2) is 8.61. The molecular weight excluding hydrogens is 420 g/mol. The van der Waals surface area contributed by atoms with Crippen molar-refractivity contribution in [2.75, 3.05) is 17.1 Å². The van der Waals surface area contributed by atoms with Gasteiger partial charge in [0.05, 0.1) is 34.5 Å². The molecule has 0 aliphatic rings. The van der Waals surface area contributed by atoms with Crippen LogP contribution in [0, 0.1) is 20.8 Å². The van der Waals surface area contributed by atoms with Crippen molar-refractivity contribution in [2.45, 2.75) is 45.6 Å². The monoisotopic (exact) mass is 446 g/mol. The van der Waals surface area contributed by atoms with Gasteiger partial charge in [-0.15, -0.1) is 0 Å². The van der Waals surface area contributed by atoms with Crippen LogP contribution in [0.25, 0.3) is 10.4 Å². The van der Waals surface area contributed by atoms with E-state index < -0.39 is 10.0 Å². The predicted molar refractivity (Wildman–Crippen MR) is 122 cm³/mol. The normalized spacial score (nSPS) is 11.6. The van der Waals surface area contributed by atoms with Crippen molar-refractivity contribution in [3.05, 3.63) is 47.3 Å². The first-order valence-corrected chi connectivity index (χ1v) is 11.8. The molecule has 0 spiro atoms. The summed E-state index contributed by atoms with van der Waals surface area (Å²) < 4.78 is 34.0. The van der Waals surface area contributed by atoms with E-state index >= 15 is 0 Å². The zero-order chi connectivity index (χ0) is 22.1. The lowest BCUT2D eigenvalue weighted by Crippen LogP contribution is -2.15. The Hall–Kier alpha value is -2.65. The minimum absolute atomic E-state index is 0.224. The van der Waals surface area contributed by atoms with Gasteiger partial charge >= 0.3 is 0 Å². The maximum absolute atomic E-state index is 13.2. The van der Waals surface area contributed by atoms with Crippen molar-refractivity contribution in [3.8, 4) is 16.3 Å². The molecule has 0 saturated carbocycles. The predicted octanol–water partition coefficient (Wildman–Crippen LogP) is 4.76. The number of hydrogen-bond donors (Lipinski definition) is 2. The fraction of sp³-hybridized carbons (Fsp3) is 0.333. The second-order valence-corrected chi connectivity index (χ2v) is 10.0. The number of nitrogens with zero attached hydrogens (tertiary/aromatic N) is 2. The highest BCUT2D eigenvalue weighted by molar-refractivity contribution is 7.92. The van der Waals surface area contributed by atoms with Gasteiger partial charge in [0.1, 0.15) is 0 Å². The molecule has 0 amide bonds. The minimum Gasteiger partial charge on any atom is -0.481 e. The molecule has 0 unspecified atom stereocenters. The Labute approximate surface area is 181 Å². The molecule has 7 nitrogen and oxygen atoms in total. The molecule has 0 atom stereocenters. The van der Waals surface area contributed by atoms with Crippen molar-refractivity contribution in [1.82, 2.24) is 9.97 Å². The minimum atomic E-state index is -3.80. The number of hydrogen-bond acceptors (Lipinski definition) is 7. The van der Waals surface area contributed by atoms with Gasteiger partial charge in [-0.3, -0.25) is 4.72 Å². The lowest BCUT2D eigenvalue weighted by atomic mass is 10.1. The number of pyridine rings is 1. The summed E-state index contributed by atoms with van der Waals surface area (Å²) in [5, 5.41) is 4.12. The highest BCUT2D eigenvalue weighted by Crippen LogP contribution is 2.35. The number of anilines is 2. The Morgan fingerprint density at radius 2 is 1.83 bits per heavy atom. The molecule has 0 bridgehead atoms. The third-order valence-electron chi connectivity index (χ3n) is 4.49. The largest absolute Gasteiger partial charge is 0.481 e. The molecule has 3 rings (SSSR count). The quantitative estimate of drug-likeness (QED) is 0.543. The van der Waals surface area contributed by atoms with Gasteiger partial charge in [0.15, 0.2) is 5.13 Å². The number of ether oxygens (including phenoxy) is 1. The van der Waals surface area contributed by atoms with E-state index in [9.17, 15) is 8.42 Å². The van der Waals surface area contributed by atoms with Crippen LogP contribution in [-0.2, 0) is 10.0 Å². The Kier molecular flexibility index (Phi) is 6.33. The van der Waals surface area contributed by atoms with E-state index in [4.69, 9.17) is 4.74 Å². The van der Waals surface area contributed by atoms with Crippen LogP contribution in [0.2, 0.25) is 0 Å². The van der Waals surface area contributed by atoms with E-state index in [2.05, 4.69) is 33.9 Å². The molecule has 2 heterocycles. The van der Waals surface area contributed by atoms with E-state index in [0.717, 1.165) is 26.8 Å². The Balaban J connectivity index is 1.98. The summed E-state index contributed by atoms with van der Waals surface area (Å²) in [4.78, 5) is 9.82. The highest BCUT2D eigenvalue weighted by Gasteiger charge is 2.21. The summed E-state index contributed by atoms with van der Waals surface area (Å²) in [7, 11) is -2.29. The first-order chi connectivity index (χ1) is 14.1. The molecule has 0 radical (unpaired) electrons. The summed E-state index contributed by atoms with van der Waals surface area (Å²) in [6, 6.07) is 7.39. The number of rotatable bonds is 7. The molecule has 9 heteroatoms. The summed E-state index contributed by atoms with van der Waals surface area (Å²) >= 11 is 1.52. The number of benzene rings is 1. The number of aryl methyl sites for hydroxylation is 3. The standard InChI is InChI=1S/C21H26N4O3S2/c1-12(2)23-21-24-15(5)20(29-21)16-8-7-13(3)18(10-16)30(26,27)25-17-11-22-19(28-6)9-14(17)4/h7-12,25H,1-6H3,(H,23,24). The van der Waals surface area contributed by atoms with E-state index in [1.807, 2.05) is 19.1 Å². The molecule has 0 aliphatic carbocycles. The molecule has 2 N–H and O–H groups in total. The number of nitrogens with one attached hydrogen (secondary N) is 2. The van der Waals surface area contributed by atoms with Crippen molar-refractivity contribution < 1.29 is 13.2 Å². The van der Waals surface area contributed by atoms with E-state index in [1.54, 1.807) is 26.0 Å². The molecule has 0 fully saturated rings. The zero-order valence-corrected chi connectivity index (χ0v) is 19.5. The fourth-order valence-electron chi connectivity index (χ4n) is 2.95. The van der Waals surface area contributed by atoms with Gasteiger partial charge in [0, 0.05) is 12.1 Å². The maximum Gasteiger partial charge on any atom is 0.262 e. The van der Waals surface area contributed by atoms with Crippen LogP contribution in [0.15, 0.2) is 35.4 Å². The number of sulfonamides is 1. The topological polar surface area (TPSA) is 93.2 Å². The van der Waals surface area contributed by atoms with Crippen molar-refractivity contribution >= 4 is 32.2 Å². The molecule has 3 aromatic rings. The summed E-state index contributed by atoms with van der Waals surface area (Å²) in [5.74, 6) is 0.431. The average molecular weight is 447 g/mol. The lowest BCUT2D eigenvalue weighted by Gasteiger charge is -2.13. The number of aromatic nitrogens is 2. The number of methoxy groups -OCH3 is 1. The second-order valence-electron chi connectivity index (χ2n) is 7.36. The van der Waals surface area contributed by atoms with Crippen LogP contribution in [0.4, 0.5) is 10.8 Å². The Morgan fingerprint density at radius 3 is 2.47 bits per heavy atom. The van der Waals surface area contributed by atoms with Gasteiger partial charge in [-0.05, 0) is 57.4 Å². The zero-order valence-electron chi connectivity index (χ0n) is 17.9. The molecule has 1 aromatic carbocycles. The molecule has 2 aromatic heterocycles. The highest BCUT2D eigenvalue weighted by atomic mass is 32.2. The van der Waals surface area contributed by atoms with Crippen LogP contribution >= 0.6 is 11.3 Å². The molecule has 0 aliphatic heterocycles. The van der Waals surface area contributed by atoms with Crippen LogP contribution in [0.3, 0.4) is 0 Å². The average Bonchev–Trinajstić information content (AvgIpc) is 3.02. The Bertz CT molecular complexity index is 1170. The van der Waals surface area contributed by atoms with E-state index in [0.29, 0.717) is 17.1 Å². The first-order valence-electron chi connectivity index (χ1n) is 9.49. The van der Waals surface area contributed by atoms with Crippen LogP contribution in [-0.4, -0.2) is 31.5 Å². The van der Waals surface area contributed by atoms with Crippen molar-refractivity contribution in [3.63, 3.8) is 0 Å². The third kappa shape index (κ3) is 4.73. The van der Waals surface area contributed by atoms with E-state index in [1.165, 1.54) is 24.6 Å². The van der Waals surface area contributed by atoms with Crippen molar-refractivity contribution in [1.29, 1.82) is 0 Å². The fourth-order valence-corrected chi connectivity index (χ4v) is 5.45. The molecule has 30 heavy (non-hydrogen) atoms.